The van der Waals surface area contributed by atoms with Gasteiger partial charge in [-0.05, 0) is 57.1 Å². The van der Waals surface area contributed by atoms with Gasteiger partial charge in [0.15, 0.2) is 0 Å². The number of aliphatic hydroxyl groups excluding tert-OH is 1. The van der Waals surface area contributed by atoms with Gasteiger partial charge in [0, 0.05) is 18.3 Å². The number of para-hydroxylation sites is 1. The molecule has 2 saturated carbocycles. The summed E-state index contributed by atoms with van der Waals surface area (Å²) in [5.74, 6) is -0.0881. The zero-order valence-electron chi connectivity index (χ0n) is 17.3. The Balaban J connectivity index is 1.70. The average Bonchev–Trinajstić information content (AvgIpc) is 3.05. The van der Waals surface area contributed by atoms with E-state index < -0.39 is 11.6 Å². The standard InChI is InChI=1S/C22H28F2N6O/c1-13(26-14-4-2-5-14)27-21-19(12-25)28-22(29-20-17(23)6-3-7-18(20)24)30(21)15-8-10-16(31)11-9-15/h3,6-7,12,14-16,25-27,31H,1-2,4-5,8-11H2,(H,28,29). The third-order valence-corrected chi connectivity index (χ3v) is 6.06. The molecule has 2 aliphatic carbocycles. The van der Waals surface area contributed by atoms with Crippen LogP contribution in [0.5, 0.6) is 0 Å². The summed E-state index contributed by atoms with van der Waals surface area (Å²) in [5.41, 5.74) is 0.0426. The summed E-state index contributed by atoms with van der Waals surface area (Å²) >= 11 is 0. The lowest BCUT2D eigenvalue weighted by molar-refractivity contribution is 0.111. The van der Waals surface area contributed by atoms with Gasteiger partial charge in [0.2, 0.25) is 5.95 Å². The Labute approximate surface area is 180 Å². The Morgan fingerprint density at radius 3 is 2.42 bits per heavy atom. The van der Waals surface area contributed by atoms with Crippen LogP contribution in [0.2, 0.25) is 0 Å². The Bertz CT molecular complexity index is 943. The monoisotopic (exact) mass is 430 g/mol. The van der Waals surface area contributed by atoms with E-state index in [1.165, 1.54) is 24.6 Å². The summed E-state index contributed by atoms with van der Waals surface area (Å²) in [6.07, 6.45) is 6.70. The summed E-state index contributed by atoms with van der Waals surface area (Å²) < 4.78 is 30.4. The van der Waals surface area contributed by atoms with E-state index in [9.17, 15) is 13.9 Å². The zero-order valence-corrected chi connectivity index (χ0v) is 17.3. The van der Waals surface area contributed by atoms with Gasteiger partial charge in [-0.25, -0.2) is 13.8 Å². The molecule has 0 bridgehead atoms. The summed E-state index contributed by atoms with van der Waals surface area (Å²) in [5, 5.41) is 27.1. The summed E-state index contributed by atoms with van der Waals surface area (Å²) in [6.45, 7) is 4.05. The van der Waals surface area contributed by atoms with Crippen molar-refractivity contribution in [1.29, 1.82) is 5.41 Å². The van der Waals surface area contributed by atoms with Crippen molar-refractivity contribution < 1.29 is 13.9 Å². The molecule has 1 aromatic carbocycles. The van der Waals surface area contributed by atoms with Crippen molar-refractivity contribution in [3.05, 3.63) is 47.9 Å². The molecule has 2 aliphatic rings. The molecule has 2 aromatic rings. The molecule has 5 N–H and O–H groups in total. The van der Waals surface area contributed by atoms with E-state index in [0.717, 1.165) is 19.1 Å². The number of anilines is 3. The van der Waals surface area contributed by atoms with Gasteiger partial charge in [0.25, 0.3) is 0 Å². The number of nitrogens with one attached hydrogen (secondary N) is 4. The molecule has 0 unspecified atom stereocenters. The Hall–Kier alpha value is -2.94. The van der Waals surface area contributed by atoms with E-state index in [4.69, 9.17) is 5.41 Å². The normalized spacial score (nSPS) is 21.3. The van der Waals surface area contributed by atoms with Crippen molar-refractivity contribution in [3.8, 4) is 0 Å². The first-order valence-corrected chi connectivity index (χ1v) is 10.7. The molecular formula is C22H28F2N6O. The molecule has 0 saturated heterocycles. The lowest BCUT2D eigenvalue weighted by Gasteiger charge is -2.31. The van der Waals surface area contributed by atoms with Crippen LogP contribution < -0.4 is 16.0 Å². The first-order valence-electron chi connectivity index (χ1n) is 10.7. The average molecular weight is 431 g/mol. The van der Waals surface area contributed by atoms with Crippen LogP contribution in [0.4, 0.5) is 26.2 Å². The quantitative estimate of drug-likeness (QED) is 0.400. The van der Waals surface area contributed by atoms with Crippen molar-refractivity contribution in [3.63, 3.8) is 0 Å². The van der Waals surface area contributed by atoms with Crippen molar-refractivity contribution in [2.45, 2.75) is 63.1 Å². The zero-order chi connectivity index (χ0) is 22.0. The molecule has 9 heteroatoms. The molecule has 0 atom stereocenters. The minimum Gasteiger partial charge on any atom is -0.393 e. The molecule has 31 heavy (non-hydrogen) atoms. The number of hydrogen-bond donors (Lipinski definition) is 5. The van der Waals surface area contributed by atoms with Gasteiger partial charge in [-0.15, -0.1) is 0 Å². The van der Waals surface area contributed by atoms with Crippen LogP contribution >= 0.6 is 0 Å². The highest BCUT2D eigenvalue weighted by Crippen LogP contribution is 2.37. The first-order chi connectivity index (χ1) is 15.0. The molecule has 4 rings (SSSR count). The lowest BCUT2D eigenvalue weighted by atomic mass is 9.93. The van der Waals surface area contributed by atoms with Crippen LogP contribution in [0, 0.1) is 17.0 Å². The molecule has 1 heterocycles. The number of halogens is 2. The van der Waals surface area contributed by atoms with E-state index in [1.807, 2.05) is 4.57 Å². The molecule has 1 aromatic heterocycles. The van der Waals surface area contributed by atoms with Gasteiger partial charge in [-0.3, -0.25) is 4.57 Å². The number of nitrogens with zero attached hydrogens (tertiary/aromatic N) is 2. The fourth-order valence-electron chi connectivity index (χ4n) is 4.14. The molecule has 0 aliphatic heterocycles. The van der Waals surface area contributed by atoms with E-state index in [1.54, 1.807) is 0 Å². The highest BCUT2D eigenvalue weighted by Gasteiger charge is 2.28. The number of aliphatic hydroxyl groups is 1. The van der Waals surface area contributed by atoms with E-state index in [-0.39, 0.29) is 23.8 Å². The fourth-order valence-corrected chi connectivity index (χ4v) is 4.14. The number of imidazole rings is 1. The Kier molecular flexibility index (Phi) is 6.22. The Morgan fingerprint density at radius 2 is 1.84 bits per heavy atom. The van der Waals surface area contributed by atoms with Crippen molar-refractivity contribution in [1.82, 2.24) is 14.9 Å². The van der Waals surface area contributed by atoms with Crippen LogP contribution in [0.25, 0.3) is 0 Å². The second-order valence-electron chi connectivity index (χ2n) is 8.24. The molecular weight excluding hydrogens is 402 g/mol. The van der Waals surface area contributed by atoms with E-state index >= 15 is 0 Å². The van der Waals surface area contributed by atoms with E-state index in [0.29, 0.717) is 49.1 Å². The lowest BCUT2D eigenvalue weighted by Crippen LogP contribution is -2.36. The molecule has 0 spiro atoms. The summed E-state index contributed by atoms with van der Waals surface area (Å²) in [7, 11) is 0. The molecule has 7 nitrogen and oxygen atoms in total. The largest absolute Gasteiger partial charge is 0.393 e. The van der Waals surface area contributed by atoms with E-state index in [2.05, 4.69) is 27.5 Å². The summed E-state index contributed by atoms with van der Waals surface area (Å²) in [6, 6.07) is 3.97. The number of rotatable bonds is 8. The highest BCUT2D eigenvalue weighted by atomic mass is 19.1. The van der Waals surface area contributed by atoms with Crippen molar-refractivity contribution >= 4 is 23.7 Å². The number of hydrogen-bond acceptors (Lipinski definition) is 6. The van der Waals surface area contributed by atoms with Crippen molar-refractivity contribution in [2.75, 3.05) is 10.6 Å². The van der Waals surface area contributed by atoms with Gasteiger partial charge in [-0.1, -0.05) is 12.6 Å². The van der Waals surface area contributed by atoms with Crippen LogP contribution in [-0.4, -0.2) is 33.0 Å². The van der Waals surface area contributed by atoms with Gasteiger partial charge in [0.1, 0.15) is 28.8 Å². The maximum Gasteiger partial charge on any atom is 0.210 e. The van der Waals surface area contributed by atoms with Crippen LogP contribution in [0.15, 0.2) is 30.6 Å². The molecule has 0 amide bonds. The maximum atomic E-state index is 14.3. The fraction of sp³-hybridized carbons (Fsp3) is 0.455. The smallest absolute Gasteiger partial charge is 0.210 e. The van der Waals surface area contributed by atoms with Crippen LogP contribution in [0.3, 0.4) is 0 Å². The molecule has 0 radical (unpaired) electrons. The van der Waals surface area contributed by atoms with Gasteiger partial charge in [0.05, 0.1) is 11.9 Å². The molecule has 2 fully saturated rings. The SMILES string of the molecule is C=C(Nc1c(C=N)nc(Nc2c(F)cccc2F)n1C1CCC(O)CC1)NC1CCC1. The van der Waals surface area contributed by atoms with Gasteiger partial charge >= 0.3 is 0 Å². The Morgan fingerprint density at radius 1 is 1.16 bits per heavy atom. The van der Waals surface area contributed by atoms with Gasteiger partial charge in [-0.2, -0.15) is 0 Å². The van der Waals surface area contributed by atoms with Crippen molar-refractivity contribution in [2.24, 2.45) is 0 Å². The minimum atomic E-state index is -0.726. The third kappa shape index (κ3) is 4.56. The molecule has 166 valence electrons. The highest BCUT2D eigenvalue weighted by molar-refractivity contribution is 5.84. The number of aromatic nitrogens is 2. The second kappa shape index (κ2) is 9.05. The van der Waals surface area contributed by atoms with Crippen LogP contribution in [0.1, 0.15) is 56.7 Å². The second-order valence-corrected chi connectivity index (χ2v) is 8.24. The van der Waals surface area contributed by atoms with Gasteiger partial charge < -0.3 is 26.5 Å². The first kappa shape index (κ1) is 21.3. The predicted octanol–water partition coefficient (Wildman–Crippen LogP) is 4.40. The van der Waals surface area contributed by atoms with Crippen LogP contribution in [-0.2, 0) is 0 Å². The predicted molar refractivity (Wildman–Crippen MR) is 117 cm³/mol. The topological polar surface area (TPSA) is 98.0 Å². The third-order valence-electron chi connectivity index (χ3n) is 6.06. The maximum absolute atomic E-state index is 14.3. The summed E-state index contributed by atoms with van der Waals surface area (Å²) in [4.78, 5) is 4.45. The minimum absolute atomic E-state index is 0.0547. The number of benzene rings is 1.